The molecule has 2 heterocycles. The van der Waals surface area contributed by atoms with Crippen molar-refractivity contribution in [2.24, 2.45) is 5.92 Å². The number of benzene rings is 1. The Bertz CT molecular complexity index is 836. The third kappa shape index (κ3) is 3.16. The van der Waals surface area contributed by atoms with Crippen LogP contribution in [-0.2, 0) is 6.42 Å². The lowest BCUT2D eigenvalue weighted by Crippen LogP contribution is -2.27. The number of nitrogens with zero attached hydrogens (tertiary/aromatic N) is 3. The number of fused-ring (bicyclic) bond motifs is 1. The molecule has 0 radical (unpaired) electrons. The summed E-state index contributed by atoms with van der Waals surface area (Å²) >= 11 is 0. The van der Waals surface area contributed by atoms with Crippen LogP contribution in [0.3, 0.4) is 0 Å². The lowest BCUT2D eigenvalue weighted by Gasteiger charge is -2.15. The highest BCUT2D eigenvalue weighted by molar-refractivity contribution is 5.89. The summed E-state index contributed by atoms with van der Waals surface area (Å²) in [5, 5.41) is 9.34. The minimum absolute atomic E-state index is 0.393. The van der Waals surface area contributed by atoms with Gasteiger partial charge in [-0.25, -0.2) is 14.8 Å². The molecular weight excluding hydrogens is 334 g/mol. The lowest BCUT2D eigenvalue weighted by atomic mass is 10.0. The van der Waals surface area contributed by atoms with Crippen LogP contribution in [0.15, 0.2) is 24.5 Å². The number of methoxy groups -OCH3 is 1. The van der Waals surface area contributed by atoms with Crippen LogP contribution in [0.1, 0.15) is 24.8 Å². The molecule has 1 aliphatic heterocycles. The molecule has 2 aliphatic rings. The van der Waals surface area contributed by atoms with Crippen molar-refractivity contribution < 1.29 is 19.4 Å². The molecule has 0 unspecified atom stereocenters. The monoisotopic (exact) mass is 355 g/mol. The molecule has 1 aromatic heterocycles. The molecule has 26 heavy (non-hydrogen) atoms. The molecule has 1 N–H and O–H groups in total. The van der Waals surface area contributed by atoms with E-state index in [4.69, 9.17) is 9.47 Å². The highest BCUT2D eigenvalue weighted by atomic mass is 16.5. The molecule has 1 amide bonds. The van der Waals surface area contributed by atoms with E-state index in [0.29, 0.717) is 36.9 Å². The molecule has 1 fully saturated rings. The Hall–Kier alpha value is -2.83. The van der Waals surface area contributed by atoms with Crippen molar-refractivity contribution in [2.75, 3.05) is 25.2 Å². The van der Waals surface area contributed by atoms with Crippen LogP contribution in [0.5, 0.6) is 11.5 Å². The first kappa shape index (κ1) is 16.6. The minimum Gasteiger partial charge on any atom is -0.497 e. The van der Waals surface area contributed by atoms with E-state index in [1.165, 1.54) is 24.1 Å². The van der Waals surface area contributed by atoms with Crippen molar-refractivity contribution in [2.45, 2.75) is 25.7 Å². The molecule has 7 heteroatoms. The predicted octanol–water partition coefficient (Wildman–Crippen LogP) is 3.37. The Labute approximate surface area is 151 Å². The largest absolute Gasteiger partial charge is 0.497 e. The summed E-state index contributed by atoms with van der Waals surface area (Å²) in [5.41, 5.74) is 2.41. The molecule has 1 aliphatic carbocycles. The second-order valence-electron chi connectivity index (χ2n) is 6.65. The summed E-state index contributed by atoms with van der Waals surface area (Å²) in [6.07, 6.45) is 4.63. The second-order valence-corrected chi connectivity index (χ2v) is 6.65. The molecular formula is C19H21N3O4. The molecule has 7 nitrogen and oxygen atoms in total. The number of anilines is 1. The quantitative estimate of drug-likeness (QED) is 0.855. The van der Waals surface area contributed by atoms with E-state index in [2.05, 4.69) is 9.97 Å². The maximum atomic E-state index is 11.4. The van der Waals surface area contributed by atoms with Gasteiger partial charge >= 0.3 is 6.09 Å². The highest BCUT2D eigenvalue weighted by Gasteiger charge is 2.30. The van der Waals surface area contributed by atoms with Crippen LogP contribution in [0.2, 0.25) is 0 Å². The molecule has 0 spiro atoms. The fraction of sp³-hybridized carbons (Fsp3) is 0.421. The summed E-state index contributed by atoms with van der Waals surface area (Å²) in [6, 6.07) is 5.64. The fourth-order valence-electron chi connectivity index (χ4n) is 3.30. The van der Waals surface area contributed by atoms with Gasteiger partial charge in [0.2, 0.25) is 0 Å². The number of rotatable bonds is 6. The smallest absolute Gasteiger partial charge is 0.413 e. The number of hydrogen-bond donors (Lipinski definition) is 1. The molecule has 0 saturated heterocycles. The number of ether oxygens (including phenoxy) is 2. The second kappa shape index (κ2) is 6.82. The van der Waals surface area contributed by atoms with Crippen LogP contribution in [0, 0.1) is 5.92 Å². The zero-order valence-electron chi connectivity index (χ0n) is 14.6. The third-order valence-electron chi connectivity index (χ3n) is 4.92. The van der Waals surface area contributed by atoms with Crippen molar-refractivity contribution >= 4 is 11.9 Å². The molecule has 0 atom stereocenters. The highest BCUT2D eigenvalue weighted by Crippen LogP contribution is 2.39. The van der Waals surface area contributed by atoms with Crippen LogP contribution >= 0.6 is 0 Å². The van der Waals surface area contributed by atoms with Crippen LogP contribution < -0.4 is 14.4 Å². The Morgan fingerprint density at radius 3 is 2.92 bits per heavy atom. The molecule has 136 valence electrons. The van der Waals surface area contributed by atoms with Crippen LogP contribution in [0.4, 0.5) is 10.6 Å². The van der Waals surface area contributed by atoms with Gasteiger partial charge in [0.05, 0.1) is 19.4 Å². The van der Waals surface area contributed by atoms with Crippen LogP contribution in [0.25, 0.3) is 11.3 Å². The standard InChI is InChI=1S/C19H21N3O4/c1-25-13-4-5-14(16(10-13)26-9-7-12-2-3-12)17-15-6-8-22(19(23)24)18(15)21-11-20-17/h4-5,10-12H,2-3,6-9H2,1H3,(H,23,24). The molecule has 0 bridgehead atoms. The van der Waals surface area contributed by atoms with Gasteiger partial charge in [0.25, 0.3) is 0 Å². The average molecular weight is 355 g/mol. The first-order chi connectivity index (χ1) is 12.7. The van der Waals surface area contributed by atoms with E-state index in [0.717, 1.165) is 29.2 Å². The molecule has 1 saturated carbocycles. The first-order valence-corrected chi connectivity index (χ1v) is 8.83. The number of amides is 1. The minimum atomic E-state index is -0.996. The zero-order valence-corrected chi connectivity index (χ0v) is 14.6. The van der Waals surface area contributed by atoms with Gasteiger partial charge in [0.15, 0.2) is 0 Å². The van der Waals surface area contributed by atoms with Gasteiger partial charge in [-0.05, 0) is 30.9 Å². The summed E-state index contributed by atoms with van der Waals surface area (Å²) in [4.78, 5) is 21.3. The number of aromatic nitrogens is 2. The Balaban J connectivity index is 1.69. The van der Waals surface area contributed by atoms with E-state index < -0.39 is 6.09 Å². The topological polar surface area (TPSA) is 84.8 Å². The van der Waals surface area contributed by atoms with Gasteiger partial charge in [0.1, 0.15) is 23.6 Å². The van der Waals surface area contributed by atoms with Crippen LogP contribution in [-0.4, -0.2) is 41.4 Å². The van der Waals surface area contributed by atoms with Crippen molar-refractivity contribution in [3.05, 3.63) is 30.1 Å². The van der Waals surface area contributed by atoms with Gasteiger partial charge < -0.3 is 14.6 Å². The summed E-state index contributed by atoms with van der Waals surface area (Å²) in [6.45, 7) is 1.05. The zero-order chi connectivity index (χ0) is 18.1. The van der Waals surface area contributed by atoms with E-state index in [1.807, 2.05) is 18.2 Å². The fourth-order valence-corrected chi connectivity index (χ4v) is 3.30. The predicted molar refractivity (Wildman–Crippen MR) is 95.9 cm³/mol. The van der Waals surface area contributed by atoms with E-state index in [-0.39, 0.29) is 0 Å². The van der Waals surface area contributed by atoms with Crippen molar-refractivity contribution in [1.29, 1.82) is 0 Å². The molecule has 2 aromatic rings. The maximum absolute atomic E-state index is 11.4. The third-order valence-corrected chi connectivity index (χ3v) is 4.92. The van der Waals surface area contributed by atoms with Crippen molar-refractivity contribution in [3.8, 4) is 22.8 Å². The first-order valence-electron chi connectivity index (χ1n) is 8.83. The van der Waals surface area contributed by atoms with Crippen molar-refractivity contribution in [3.63, 3.8) is 0 Å². The Morgan fingerprint density at radius 2 is 2.19 bits per heavy atom. The summed E-state index contributed by atoms with van der Waals surface area (Å²) in [5.74, 6) is 2.67. The van der Waals surface area contributed by atoms with Gasteiger partial charge in [-0.3, -0.25) is 4.90 Å². The van der Waals surface area contributed by atoms with Crippen molar-refractivity contribution in [1.82, 2.24) is 9.97 Å². The van der Waals surface area contributed by atoms with E-state index >= 15 is 0 Å². The SMILES string of the molecule is COc1ccc(-c2ncnc3c2CCN3C(=O)O)c(OCCC2CC2)c1. The molecule has 1 aromatic carbocycles. The van der Waals surface area contributed by atoms with Gasteiger partial charge in [-0.15, -0.1) is 0 Å². The lowest BCUT2D eigenvalue weighted by molar-refractivity contribution is 0.202. The average Bonchev–Trinajstić information content (AvgIpc) is 3.36. The Kier molecular flexibility index (Phi) is 4.36. The Morgan fingerprint density at radius 1 is 1.35 bits per heavy atom. The number of carbonyl (C=O) groups is 1. The molecule has 4 rings (SSSR count). The van der Waals surface area contributed by atoms with Gasteiger partial charge in [-0.2, -0.15) is 0 Å². The number of hydrogen-bond acceptors (Lipinski definition) is 5. The van der Waals surface area contributed by atoms with E-state index in [1.54, 1.807) is 7.11 Å². The van der Waals surface area contributed by atoms with Gasteiger partial charge in [0, 0.05) is 23.7 Å². The summed E-state index contributed by atoms with van der Waals surface area (Å²) < 4.78 is 11.4. The summed E-state index contributed by atoms with van der Waals surface area (Å²) in [7, 11) is 1.62. The number of carboxylic acid groups (broad SMARTS) is 1. The maximum Gasteiger partial charge on any atom is 0.413 e. The van der Waals surface area contributed by atoms with E-state index in [9.17, 15) is 9.90 Å². The van der Waals surface area contributed by atoms with Gasteiger partial charge in [-0.1, -0.05) is 12.8 Å². The normalized spacial score (nSPS) is 15.7.